The maximum atomic E-state index is 5.90. The summed E-state index contributed by atoms with van der Waals surface area (Å²) in [5, 5.41) is 0. The fourth-order valence-electron chi connectivity index (χ4n) is 1.54. The number of hydrogen-bond donors (Lipinski definition) is 1. The first-order valence-electron chi connectivity index (χ1n) is 5.22. The Hall–Kier alpha value is -1.97. The zero-order chi connectivity index (χ0) is 11.5. The van der Waals surface area contributed by atoms with E-state index < -0.39 is 0 Å². The van der Waals surface area contributed by atoms with Gasteiger partial charge in [-0.05, 0) is 31.2 Å². The minimum Gasteiger partial charge on any atom is -0.494 e. The van der Waals surface area contributed by atoms with Gasteiger partial charge in [0.1, 0.15) is 17.3 Å². The third kappa shape index (κ3) is 1.86. The van der Waals surface area contributed by atoms with Crippen LogP contribution in [0.3, 0.4) is 0 Å². The van der Waals surface area contributed by atoms with Gasteiger partial charge in [0.2, 0.25) is 0 Å². The molecule has 2 rings (SSSR count). The molecular formula is C12H15N3O. The molecule has 0 atom stereocenters. The van der Waals surface area contributed by atoms with Gasteiger partial charge in [-0.25, -0.2) is 4.98 Å². The van der Waals surface area contributed by atoms with Crippen LogP contribution < -0.4 is 10.5 Å². The second kappa shape index (κ2) is 4.26. The summed E-state index contributed by atoms with van der Waals surface area (Å²) in [6.45, 7) is 2.63. The summed E-state index contributed by atoms with van der Waals surface area (Å²) in [7, 11) is 1.88. The molecule has 2 aromatic rings. The predicted molar refractivity (Wildman–Crippen MR) is 64.2 cm³/mol. The molecule has 0 amide bonds. The number of benzene rings is 1. The quantitative estimate of drug-likeness (QED) is 0.856. The van der Waals surface area contributed by atoms with Crippen molar-refractivity contribution < 1.29 is 4.74 Å². The lowest BCUT2D eigenvalue weighted by Gasteiger charge is -2.04. The molecule has 2 N–H and O–H groups in total. The Morgan fingerprint density at radius 1 is 1.31 bits per heavy atom. The normalized spacial score (nSPS) is 10.4. The first-order chi connectivity index (χ1) is 7.72. The van der Waals surface area contributed by atoms with E-state index in [1.807, 2.05) is 38.2 Å². The van der Waals surface area contributed by atoms with Crippen molar-refractivity contribution in [3.8, 4) is 17.0 Å². The molecule has 1 aromatic heterocycles. The molecule has 4 nitrogen and oxygen atoms in total. The Bertz CT molecular complexity index is 474. The number of anilines is 1. The standard InChI is InChI=1S/C12H15N3O/c1-3-16-10-6-4-9(5-7-10)11-12(13)15(2)8-14-11/h4-8H,3,13H2,1-2H3. The molecule has 0 saturated heterocycles. The number of aryl methyl sites for hydroxylation is 1. The van der Waals surface area contributed by atoms with Crippen LogP contribution in [0.5, 0.6) is 5.75 Å². The van der Waals surface area contributed by atoms with Crippen molar-refractivity contribution in [1.29, 1.82) is 0 Å². The SMILES string of the molecule is CCOc1ccc(-c2ncn(C)c2N)cc1. The van der Waals surface area contributed by atoms with E-state index in [2.05, 4.69) is 4.98 Å². The third-order valence-electron chi connectivity index (χ3n) is 2.42. The van der Waals surface area contributed by atoms with Gasteiger partial charge < -0.3 is 15.0 Å². The highest BCUT2D eigenvalue weighted by molar-refractivity contribution is 5.70. The number of nitrogens with two attached hydrogens (primary N) is 1. The molecule has 0 fully saturated rings. The Balaban J connectivity index is 2.31. The lowest BCUT2D eigenvalue weighted by Crippen LogP contribution is -1.96. The lowest BCUT2D eigenvalue weighted by atomic mass is 10.1. The van der Waals surface area contributed by atoms with Crippen molar-refractivity contribution in [3.63, 3.8) is 0 Å². The fraction of sp³-hybridized carbons (Fsp3) is 0.250. The molecule has 0 aliphatic rings. The van der Waals surface area contributed by atoms with E-state index in [1.165, 1.54) is 0 Å². The monoisotopic (exact) mass is 217 g/mol. The Morgan fingerprint density at radius 3 is 2.50 bits per heavy atom. The van der Waals surface area contributed by atoms with Gasteiger partial charge in [0, 0.05) is 12.6 Å². The van der Waals surface area contributed by atoms with Crippen molar-refractivity contribution in [3.05, 3.63) is 30.6 Å². The van der Waals surface area contributed by atoms with Gasteiger partial charge in [-0.3, -0.25) is 0 Å². The molecular weight excluding hydrogens is 202 g/mol. The summed E-state index contributed by atoms with van der Waals surface area (Å²) >= 11 is 0. The van der Waals surface area contributed by atoms with Gasteiger partial charge in [-0.1, -0.05) is 0 Å². The number of aromatic nitrogens is 2. The van der Waals surface area contributed by atoms with E-state index >= 15 is 0 Å². The average molecular weight is 217 g/mol. The average Bonchev–Trinajstić information content (AvgIpc) is 2.62. The zero-order valence-electron chi connectivity index (χ0n) is 9.47. The molecule has 1 heterocycles. The summed E-state index contributed by atoms with van der Waals surface area (Å²) in [6.07, 6.45) is 1.71. The summed E-state index contributed by atoms with van der Waals surface area (Å²) in [5.41, 5.74) is 7.71. The molecule has 0 bridgehead atoms. The fourth-order valence-corrected chi connectivity index (χ4v) is 1.54. The van der Waals surface area contributed by atoms with Crippen molar-refractivity contribution in [2.45, 2.75) is 6.92 Å². The van der Waals surface area contributed by atoms with E-state index in [-0.39, 0.29) is 0 Å². The number of nitrogens with zero attached hydrogens (tertiary/aromatic N) is 2. The van der Waals surface area contributed by atoms with Crippen LogP contribution in [0.4, 0.5) is 5.82 Å². The van der Waals surface area contributed by atoms with Gasteiger partial charge >= 0.3 is 0 Å². The van der Waals surface area contributed by atoms with Gasteiger partial charge in [-0.15, -0.1) is 0 Å². The van der Waals surface area contributed by atoms with Crippen LogP contribution in [-0.4, -0.2) is 16.2 Å². The Labute approximate surface area is 94.7 Å². The summed E-state index contributed by atoms with van der Waals surface area (Å²) in [5.74, 6) is 1.53. The number of imidazole rings is 1. The smallest absolute Gasteiger partial charge is 0.131 e. The van der Waals surface area contributed by atoms with Crippen LogP contribution in [0.15, 0.2) is 30.6 Å². The number of ether oxygens (including phenoxy) is 1. The number of hydrogen-bond acceptors (Lipinski definition) is 3. The van der Waals surface area contributed by atoms with Crippen LogP contribution in [0.25, 0.3) is 11.3 Å². The van der Waals surface area contributed by atoms with Gasteiger partial charge in [0.05, 0.1) is 12.9 Å². The van der Waals surface area contributed by atoms with Crippen LogP contribution >= 0.6 is 0 Å². The lowest BCUT2D eigenvalue weighted by molar-refractivity contribution is 0.340. The third-order valence-corrected chi connectivity index (χ3v) is 2.42. The minimum atomic E-state index is 0.671. The Kier molecular flexibility index (Phi) is 2.81. The van der Waals surface area contributed by atoms with E-state index in [4.69, 9.17) is 10.5 Å². The van der Waals surface area contributed by atoms with Crippen LogP contribution in [0.1, 0.15) is 6.92 Å². The van der Waals surface area contributed by atoms with Crippen molar-refractivity contribution in [1.82, 2.24) is 9.55 Å². The van der Waals surface area contributed by atoms with E-state index in [1.54, 1.807) is 10.9 Å². The second-order valence-electron chi connectivity index (χ2n) is 3.55. The van der Waals surface area contributed by atoms with Crippen LogP contribution in [0, 0.1) is 0 Å². The van der Waals surface area contributed by atoms with Crippen molar-refractivity contribution in [2.75, 3.05) is 12.3 Å². The summed E-state index contributed by atoms with van der Waals surface area (Å²) in [6, 6.07) is 7.77. The van der Waals surface area contributed by atoms with E-state index in [9.17, 15) is 0 Å². The van der Waals surface area contributed by atoms with E-state index in [0.29, 0.717) is 12.4 Å². The largest absolute Gasteiger partial charge is 0.494 e. The highest BCUT2D eigenvalue weighted by Gasteiger charge is 2.07. The zero-order valence-corrected chi connectivity index (χ0v) is 9.47. The van der Waals surface area contributed by atoms with Crippen molar-refractivity contribution >= 4 is 5.82 Å². The van der Waals surface area contributed by atoms with Gasteiger partial charge in [-0.2, -0.15) is 0 Å². The molecule has 1 aromatic carbocycles. The molecule has 0 radical (unpaired) electrons. The summed E-state index contributed by atoms with van der Waals surface area (Å²) < 4.78 is 7.17. The predicted octanol–water partition coefficient (Wildman–Crippen LogP) is 2.07. The second-order valence-corrected chi connectivity index (χ2v) is 3.55. The van der Waals surface area contributed by atoms with Crippen molar-refractivity contribution in [2.24, 2.45) is 7.05 Å². The maximum Gasteiger partial charge on any atom is 0.131 e. The topological polar surface area (TPSA) is 53.1 Å². The highest BCUT2D eigenvalue weighted by Crippen LogP contribution is 2.25. The first kappa shape index (κ1) is 10.5. The molecule has 16 heavy (non-hydrogen) atoms. The van der Waals surface area contributed by atoms with Gasteiger partial charge in [0.25, 0.3) is 0 Å². The van der Waals surface area contributed by atoms with Crippen LogP contribution in [0.2, 0.25) is 0 Å². The molecule has 0 aliphatic heterocycles. The Morgan fingerprint density at radius 2 is 2.00 bits per heavy atom. The maximum absolute atomic E-state index is 5.90. The molecule has 4 heteroatoms. The van der Waals surface area contributed by atoms with Crippen LogP contribution in [-0.2, 0) is 7.05 Å². The summed E-state index contributed by atoms with van der Waals surface area (Å²) in [4.78, 5) is 4.26. The molecule has 84 valence electrons. The number of nitrogen functional groups attached to an aromatic ring is 1. The molecule has 0 aliphatic carbocycles. The van der Waals surface area contributed by atoms with Gasteiger partial charge in [0.15, 0.2) is 0 Å². The minimum absolute atomic E-state index is 0.671. The highest BCUT2D eigenvalue weighted by atomic mass is 16.5. The first-order valence-corrected chi connectivity index (χ1v) is 5.22. The molecule has 0 unspecified atom stereocenters. The number of rotatable bonds is 3. The molecule has 0 saturated carbocycles. The molecule has 0 spiro atoms. The van der Waals surface area contributed by atoms with E-state index in [0.717, 1.165) is 17.0 Å².